The van der Waals surface area contributed by atoms with Crippen LogP contribution in [0.4, 0.5) is 5.69 Å². The number of nitrogens with zero attached hydrogens (tertiary/aromatic N) is 2. The Morgan fingerprint density at radius 3 is 2.59 bits per heavy atom. The lowest BCUT2D eigenvalue weighted by Crippen LogP contribution is -2.33. The highest BCUT2D eigenvalue weighted by molar-refractivity contribution is 7.90. The Morgan fingerprint density at radius 1 is 1.16 bits per heavy atom. The Kier molecular flexibility index (Phi) is 7.87. The largest absolute Gasteiger partial charge is 0.492 e. The highest BCUT2D eigenvalue weighted by atomic mass is 32.2. The van der Waals surface area contributed by atoms with Gasteiger partial charge in [-0.2, -0.15) is 0 Å². The topological polar surface area (TPSA) is 100 Å². The fourth-order valence-corrected chi connectivity index (χ4v) is 4.57. The molecule has 9 heteroatoms. The maximum absolute atomic E-state index is 12.6. The Labute approximate surface area is 189 Å². The molecule has 0 atom stereocenters. The van der Waals surface area contributed by atoms with E-state index in [1.54, 1.807) is 12.1 Å². The summed E-state index contributed by atoms with van der Waals surface area (Å²) in [6.07, 6.45) is 1.46. The molecule has 2 N–H and O–H groups in total. The van der Waals surface area contributed by atoms with Crippen molar-refractivity contribution in [3.05, 3.63) is 53.6 Å². The van der Waals surface area contributed by atoms with Gasteiger partial charge < -0.3 is 10.1 Å². The summed E-state index contributed by atoms with van der Waals surface area (Å²) >= 11 is 0. The lowest BCUT2D eigenvalue weighted by Gasteiger charge is -2.17. The van der Waals surface area contributed by atoms with Crippen molar-refractivity contribution in [1.82, 2.24) is 9.62 Å². The number of carbonyl (C=O) groups excluding carboxylic acids is 1. The van der Waals surface area contributed by atoms with E-state index < -0.39 is 10.0 Å². The first-order chi connectivity index (χ1) is 15.2. The number of likely N-dealkylation sites (N-methyl/N-ethyl adjacent to an activating group) is 1. The molecule has 2 aromatic carbocycles. The van der Waals surface area contributed by atoms with E-state index in [1.807, 2.05) is 37.9 Å². The molecule has 0 radical (unpaired) electrons. The number of benzene rings is 2. The van der Waals surface area contributed by atoms with E-state index in [0.717, 1.165) is 23.3 Å². The molecule has 0 spiro atoms. The number of sulfonamides is 1. The number of nitrogens with one attached hydrogen (secondary N) is 2. The van der Waals surface area contributed by atoms with Crippen LogP contribution in [0.3, 0.4) is 0 Å². The zero-order valence-electron chi connectivity index (χ0n) is 18.7. The van der Waals surface area contributed by atoms with Gasteiger partial charge in [-0.05, 0) is 68.8 Å². The van der Waals surface area contributed by atoms with Gasteiger partial charge in [-0.15, -0.1) is 0 Å². The number of amides is 1. The highest BCUT2D eigenvalue weighted by Gasteiger charge is 2.19. The number of aryl methyl sites for hydroxylation is 2. The van der Waals surface area contributed by atoms with E-state index in [4.69, 9.17) is 4.74 Å². The SMILES string of the molecule is Cc1cc(C)cc(OCCN(C)CC(=O)Nc2cccc(S(=O)(=O)NC3=NCCC3)c2)c1. The van der Waals surface area contributed by atoms with E-state index in [2.05, 4.69) is 21.1 Å². The molecule has 1 aliphatic heterocycles. The van der Waals surface area contributed by atoms with Gasteiger partial charge in [0.25, 0.3) is 10.0 Å². The summed E-state index contributed by atoms with van der Waals surface area (Å²) in [6.45, 7) is 5.86. The van der Waals surface area contributed by atoms with Crippen molar-refractivity contribution in [2.24, 2.45) is 4.99 Å². The van der Waals surface area contributed by atoms with Crippen molar-refractivity contribution in [2.45, 2.75) is 31.6 Å². The van der Waals surface area contributed by atoms with Crippen LogP contribution in [0.2, 0.25) is 0 Å². The van der Waals surface area contributed by atoms with E-state index in [-0.39, 0.29) is 17.3 Å². The molecule has 0 bridgehead atoms. The molecule has 1 heterocycles. The summed E-state index contributed by atoms with van der Waals surface area (Å²) in [5.41, 5.74) is 2.71. The standard InChI is InChI=1S/C23H30N4O4S/c1-17-12-18(2)14-20(13-17)31-11-10-27(3)16-23(28)25-19-6-4-7-21(15-19)32(29,30)26-22-8-5-9-24-22/h4,6-7,12-15H,5,8-11,16H2,1-3H3,(H,24,26)(H,25,28). The van der Waals surface area contributed by atoms with Crippen molar-refractivity contribution in [1.29, 1.82) is 0 Å². The summed E-state index contributed by atoms with van der Waals surface area (Å²) in [6, 6.07) is 12.2. The van der Waals surface area contributed by atoms with E-state index in [1.165, 1.54) is 12.1 Å². The van der Waals surface area contributed by atoms with Crippen LogP contribution in [0, 0.1) is 13.8 Å². The molecule has 0 unspecified atom stereocenters. The number of amidine groups is 1. The average Bonchev–Trinajstić information content (AvgIpc) is 3.19. The molecule has 0 fully saturated rings. The molecule has 0 aromatic heterocycles. The first-order valence-corrected chi connectivity index (χ1v) is 12.1. The van der Waals surface area contributed by atoms with E-state index in [0.29, 0.717) is 37.6 Å². The number of aliphatic imine (C=N–C) groups is 1. The second kappa shape index (κ2) is 10.6. The van der Waals surface area contributed by atoms with Crippen molar-refractivity contribution >= 4 is 27.5 Å². The predicted octanol–water partition coefficient (Wildman–Crippen LogP) is 2.72. The van der Waals surface area contributed by atoms with Gasteiger partial charge >= 0.3 is 0 Å². The van der Waals surface area contributed by atoms with Gasteiger partial charge in [-0.1, -0.05) is 12.1 Å². The molecule has 8 nitrogen and oxygen atoms in total. The van der Waals surface area contributed by atoms with Crippen LogP contribution >= 0.6 is 0 Å². The Morgan fingerprint density at radius 2 is 1.91 bits per heavy atom. The van der Waals surface area contributed by atoms with Gasteiger partial charge in [0.2, 0.25) is 5.91 Å². The number of carbonyl (C=O) groups is 1. The summed E-state index contributed by atoms with van der Waals surface area (Å²) in [5, 5.41) is 2.76. The monoisotopic (exact) mass is 458 g/mol. The van der Waals surface area contributed by atoms with E-state index in [9.17, 15) is 13.2 Å². The summed E-state index contributed by atoms with van der Waals surface area (Å²) in [7, 11) is -1.90. The Balaban J connectivity index is 1.49. The number of anilines is 1. The third-order valence-electron chi connectivity index (χ3n) is 4.91. The molecule has 1 amide bonds. The van der Waals surface area contributed by atoms with Gasteiger partial charge in [0.1, 0.15) is 18.2 Å². The van der Waals surface area contributed by atoms with E-state index >= 15 is 0 Å². The number of hydrogen-bond acceptors (Lipinski definition) is 6. The second-order valence-electron chi connectivity index (χ2n) is 8.02. The van der Waals surface area contributed by atoms with Crippen molar-refractivity contribution in [2.75, 3.05) is 38.6 Å². The zero-order chi connectivity index (χ0) is 23.1. The third kappa shape index (κ3) is 7.06. The zero-order valence-corrected chi connectivity index (χ0v) is 19.5. The molecule has 0 aliphatic carbocycles. The van der Waals surface area contributed by atoms with Gasteiger partial charge in [0.15, 0.2) is 0 Å². The molecule has 32 heavy (non-hydrogen) atoms. The molecule has 2 aromatic rings. The van der Waals surface area contributed by atoms with Crippen LogP contribution in [-0.2, 0) is 14.8 Å². The normalized spacial score (nSPS) is 13.7. The van der Waals surface area contributed by atoms with Crippen LogP contribution < -0.4 is 14.8 Å². The Hall–Kier alpha value is -2.91. The second-order valence-corrected chi connectivity index (χ2v) is 9.71. The molecule has 0 saturated heterocycles. The molecular formula is C23H30N4O4S. The molecule has 1 aliphatic rings. The Bertz CT molecular complexity index is 1080. The van der Waals surface area contributed by atoms with Gasteiger partial charge in [-0.25, -0.2) is 8.42 Å². The predicted molar refractivity (Wildman–Crippen MR) is 126 cm³/mol. The van der Waals surface area contributed by atoms with Crippen LogP contribution in [-0.4, -0.2) is 58.3 Å². The first kappa shape index (κ1) is 23.7. The minimum absolute atomic E-state index is 0.0834. The molecule has 3 rings (SSSR count). The number of rotatable bonds is 9. The molecule has 0 saturated carbocycles. The van der Waals surface area contributed by atoms with Crippen LogP contribution in [0.25, 0.3) is 0 Å². The smallest absolute Gasteiger partial charge is 0.262 e. The minimum Gasteiger partial charge on any atom is -0.492 e. The third-order valence-corrected chi connectivity index (χ3v) is 6.28. The summed E-state index contributed by atoms with van der Waals surface area (Å²) < 4.78 is 33.4. The fraction of sp³-hybridized carbons (Fsp3) is 0.391. The van der Waals surface area contributed by atoms with Crippen molar-refractivity contribution in [3.8, 4) is 5.75 Å². The quantitative estimate of drug-likeness (QED) is 0.602. The maximum Gasteiger partial charge on any atom is 0.262 e. The average molecular weight is 459 g/mol. The lowest BCUT2D eigenvalue weighted by atomic mass is 10.1. The highest BCUT2D eigenvalue weighted by Crippen LogP contribution is 2.17. The first-order valence-electron chi connectivity index (χ1n) is 10.6. The minimum atomic E-state index is -3.73. The van der Waals surface area contributed by atoms with Gasteiger partial charge in [0.05, 0.1) is 11.4 Å². The van der Waals surface area contributed by atoms with Crippen molar-refractivity contribution in [3.63, 3.8) is 0 Å². The van der Waals surface area contributed by atoms with Crippen LogP contribution in [0.1, 0.15) is 24.0 Å². The molecule has 172 valence electrons. The fourth-order valence-electron chi connectivity index (χ4n) is 3.44. The van der Waals surface area contributed by atoms with Gasteiger partial charge in [0, 0.05) is 25.2 Å². The summed E-state index contributed by atoms with van der Waals surface area (Å²) in [5.74, 6) is 1.06. The van der Waals surface area contributed by atoms with Crippen LogP contribution in [0.5, 0.6) is 5.75 Å². The molecular weight excluding hydrogens is 428 g/mol. The summed E-state index contributed by atoms with van der Waals surface area (Å²) in [4.78, 5) is 18.5. The maximum atomic E-state index is 12.6. The lowest BCUT2D eigenvalue weighted by molar-refractivity contribution is -0.117. The van der Waals surface area contributed by atoms with Crippen molar-refractivity contribution < 1.29 is 17.9 Å². The number of ether oxygens (including phenoxy) is 1. The van der Waals surface area contributed by atoms with Gasteiger partial charge in [-0.3, -0.25) is 19.4 Å². The number of hydrogen-bond donors (Lipinski definition) is 2. The van der Waals surface area contributed by atoms with Crippen LogP contribution in [0.15, 0.2) is 52.4 Å².